The SMILES string of the molecule is Cc1ccn2nc[c-]c2n1.[Y]. The Kier molecular flexibility index (Phi) is 2.74. The van der Waals surface area contributed by atoms with E-state index in [1.54, 1.807) is 10.7 Å². The van der Waals surface area contributed by atoms with Gasteiger partial charge in [0.05, 0.1) is 0 Å². The molecule has 4 heteroatoms. The average molecular weight is 221 g/mol. The van der Waals surface area contributed by atoms with Crippen LogP contribution in [-0.4, -0.2) is 14.6 Å². The largest absolute Gasteiger partial charge is 0.404 e. The number of fused-ring (bicyclic) bond motifs is 1. The molecule has 0 fully saturated rings. The van der Waals surface area contributed by atoms with E-state index in [0.29, 0.717) is 0 Å². The van der Waals surface area contributed by atoms with E-state index in [1.807, 2.05) is 19.2 Å². The number of hydrogen-bond donors (Lipinski definition) is 0. The minimum Gasteiger partial charge on any atom is -0.404 e. The third-order valence-electron chi connectivity index (χ3n) is 1.33. The third-order valence-corrected chi connectivity index (χ3v) is 1.33. The number of nitrogens with zero attached hydrogens (tertiary/aromatic N) is 3. The molecule has 53 valence electrons. The van der Waals surface area contributed by atoms with Gasteiger partial charge in [0.15, 0.2) is 0 Å². The summed E-state index contributed by atoms with van der Waals surface area (Å²) < 4.78 is 1.69. The van der Waals surface area contributed by atoms with Crippen LogP contribution in [0.4, 0.5) is 0 Å². The van der Waals surface area contributed by atoms with Gasteiger partial charge in [-0.25, -0.2) is 5.10 Å². The van der Waals surface area contributed by atoms with Crippen LogP contribution in [0.5, 0.6) is 0 Å². The zero-order chi connectivity index (χ0) is 6.97. The van der Waals surface area contributed by atoms with Crippen LogP contribution in [0.2, 0.25) is 0 Å². The molecule has 2 heterocycles. The summed E-state index contributed by atoms with van der Waals surface area (Å²) in [6.45, 7) is 1.95. The molecule has 0 N–H and O–H groups in total. The third kappa shape index (κ3) is 1.65. The molecule has 0 aromatic carbocycles. The molecule has 0 bridgehead atoms. The summed E-state index contributed by atoms with van der Waals surface area (Å²) in [6, 6.07) is 4.81. The molecule has 2 aromatic heterocycles. The predicted octanol–water partition coefficient (Wildman–Crippen LogP) is 0.835. The van der Waals surface area contributed by atoms with Crippen molar-refractivity contribution in [3.63, 3.8) is 0 Å². The van der Waals surface area contributed by atoms with Gasteiger partial charge in [0.1, 0.15) is 0 Å². The number of aryl methyl sites for hydroxylation is 1. The second-order valence-corrected chi connectivity index (χ2v) is 2.13. The van der Waals surface area contributed by atoms with Crippen LogP contribution in [0.3, 0.4) is 0 Å². The summed E-state index contributed by atoms with van der Waals surface area (Å²) in [4.78, 5) is 4.18. The van der Waals surface area contributed by atoms with Gasteiger partial charge in [-0.15, -0.1) is 6.20 Å². The molecule has 0 amide bonds. The summed E-state index contributed by atoms with van der Waals surface area (Å²) in [7, 11) is 0. The molecule has 0 unspecified atom stereocenters. The van der Waals surface area contributed by atoms with Crippen molar-refractivity contribution in [3.8, 4) is 0 Å². The van der Waals surface area contributed by atoms with Gasteiger partial charge in [-0.3, -0.25) is 9.50 Å². The molecule has 0 aliphatic carbocycles. The van der Waals surface area contributed by atoms with E-state index in [0.717, 1.165) is 11.3 Å². The smallest absolute Gasteiger partial charge is 0.0378 e. The second-order valence-electron chi connectivity index (χ2n) is 2.13. The van der Waals surface area contributed by atoms with Gasteiger partial charge in [0.2, 0.25) is 0 Å². The molecular formula is C7H6N3Y-. The van der Waals surface area contributed by atoms with Crippen molar-refractivity contribution < 1.29 is 32.7 Å². The molecule has 3 nitrogen and oxygen atoms in total. The average Bonchev–Trinajstić information content (AvgIpc) is 2.33. The first-order valence-corrected chi connectivity index (χ1v) is 3.05. The molecular weight excluding hydrogens is 215 g/mol. The Morgan fingerprint density at radius 1 is 1.55 bits per heavy atom. The summed E-state index contributed by atoms with van der Waals surface area (Å²) in [6.07, 6.45) is 3.48. The molecule has 0 atom stereocenters. The molecule has 1 radical (unpaired) electrons. The summed E-state index contributed by atoms with van der Waals surface area (Å²) in [5.74, 6) is 0. The maximum absolute atomic E-state index is 4.18. The van der Waals surface area contributed by atoms with E-state index in [-0.39, 0.29) is 32.7 Å². The zero-order valence-corrected chi connectivity index (χ0v) is 8.99. The maximum atomic E-state index is 4.18. The number of hydrogen-bond acceptors (Lipinski definition) is 2. The van der Waals surface area contributed by atoms with Crippen molar-refractivity contribution >= 4 is 5.65 Å². The number of aromatic nitrogens is 3. The summed E-state index contributed by atoms with van der Waals surface area (Å²) in [5.41, 5.74) is 1.77. The topological polar surface area (TPSA) is 30.2 Å². The van der Waals surface area contributed by atoms with Gasteiger partial charge in [0, 0.05) is 44.6 Å². The summed E-state index contributed by atoms with van der Waals surface area (Å²) >= 11 is 0. The molecule has 2 aromatic rings. The molecule has 0 spiro atoms. The van der Waals surface area contributed by atoms with Crippen molar-refractivity contribution in [2.45, 2.75) is 6.92 Å². The Labute approximate surface area is 89.7 Å². The Balaban J connectivity index is 0.000000605. The Hall–Kier alpha value is -0.276. The van der Waals surface area contributed by atoms with Gasteiger partial charge in [-0.05, 0) is 18.6 Å². The van der Waals surface area contributed by atoms with E-state index in [9.17, 15) is 0 Å². The summed E-state index contributed by atoms with van der Waals surface area (Å²) in [5, 5.41) is 3.96. The van der Waals surface area contributed by atoms with Crippen molar-refractivity contribution in [2.24, 2.45) is 0 Å². The predicted molar refractivity (Wildman–Crippen MR) is 36.6 cm³/mol. The number of rotatable bonds is 0. The fraction of sp³-hybridized carbons (Fsp3) is 0.143. The molecule has 0 saturated carbocycles. The maximum Gasteiger partial charge on any atom is 0.0378 e. The molecule has 0 aliphatic rings. The Morgan fingerprint density at radius 2 is 2.36 bits per heavy atom. The molecule has 0 aliphatic heterocycles. The van der Waals surface area contributed by atoms with E-state index in [1.165, 1.54) is 0 Å². The quantitative estimate of drug-likeness (QED) is 0.617. The molecule has 0 saturated heterocycles. The monoisotopic (exact) mass is 221 g/mol. The van der Waals surface area contributed by atoms with Crippen LogP contribution in [0.1, 0.15) is 5.69 Å². The van der Waals surface area contributed by atoms with Crippen LogP contribution < -0.4 is 0 Å². The minimum absolute atomic E-state index is 0. The van der Waals surface area contributed by atoms with Gasteiger partial charge >= 0.3 is 0 Å². The van der Waals surface area contributed by atoms with E-state index < -0.39 is 0 Å². The Morgan fingerprint density at radius 3 is 3.18 bits per heavy atom. The second kappa shape index (κ2) is 3.41. The molecule has 11 heavy (non-hydrogen) atoms. The van der Waals surface area contributed by atoms with Crippen molar-refractivity contribution in [1.82, 2.24) is 14.6 Å². The van der Waals surface area contributed by atoms with Crippen LogP contribution in [0.25, 0.3) is 5.65 Å². The van der Waals surface area contributed by atoms with Crippen LogP contribution in [0.15, 0.2) is 18.5 Å². The van der Waals surface area contributed by atoms with Crippen LogP contribution >= 0.6 is 0 Å². The van der Waals surface area contributed by atoms with Crippen LogP contribution in [-0.2, 0) is 32.7 Å². The van der Waals surface area contributed by atoms with E-state index >= 15 is 0 Å². The van der Waals surface area contributed by atoms with Crippen molar-refractivity contribution in [3.05, 3.63) is 30.2 Å². The van der Waals surface area contributed by atoms with Crippen molar-refractivity contribution in [1.29, 1.82) is 0 Å². The normalized spacial score (nSPS) is 9.55. The van der Waals surface area contributed by atoms with Crippen molar-refractivity contribution in [2.75, 3.05) is 0 Å². The minimum atomic E-state index is 0. The zero-order valence-electron chi connectivity index (χ0n) is 6.15. The van der Waals surface area contributed by atoms with E-state index in [4.69, 9.17) is 0 Å². The van der Waals surface area contributed by atoms with Gasteiger partial charge in [0.25, 0.3) is 0 Å². The standard InChI is InChI=1S/C7H6N3.Y/c1-6-3-5-10-7(9-6)2-4-8-10;/h3-5H,1H3;/q-1;. The Bertz CT molecular complexity index is 355. The molecule has 2 rings (SSSR count). The van der Waals surface area contributed by atoms with Gasteiger partial charge < -0.3 is 6.07 Å². The first kappa shape index (κ1) is 8.82. The van der Waals surface area contributed by atoms with Crippen LogP contribution in [0, 0.1) is 13.0 Å². The van der Waals surface area contributed by atoms with E-state index in [2.05, 4.69) is 16.1 Å². The fourth-order valence-electron chi connectivity index (χ4n) is 0.845. The first-order chi connectivity index (χ1) is 4.86. The fourth-order valence-corrected chi connectivity index (χ4v) is 0.845. The van der Waals surface area contributed by atoms with Gasteiger partial charge in [-0.1, -0.05) is 0 Å². The first-order valence-electron chi connectivity index (χ1n) is 3.05. The van der Waals surface area contributed by atoms with Gasteiger partial charge in [-0.2, -0.15) is 0 Å².